The van der Waals surface area contributed by atoms with Crippen LogP contribution in [0.3, 0.4) is 0 Å². The largest absolute Gasteiger partial charge is 0.399 e. The monoisotopic (exact) mass is 263 g/mol. The molecule has 0 saturated heterocycles. The summed E-state index contributed by atoms with van der Waals surface area (Å²) >= 11 is 0. The van der Waals surface area contributed by atoms with Gasteiger partial charge in [-0.3, -0.25) is 4.31 Å². The molecule has 0 aliphatic carbocycles. The summed E-state index contributed by atoms with van der Waals surface area (Å²) in [5.41, 5.74) is 6.08. The average molecular weight is 263 g/mol. The molecule has 0 bridgehead atoms. The molecule has 0 aliphatic heterocycles. The van der Waals surface area contributed by atoms with Crippen molar-refractivity contribution in [3.8, 4) is 0 Å². The van der Waals surface area contributed by atoms with E-state index in [1.165, 1.54) is 31.4 Å². The Morgan fingerprint density at radius 1 is 1.17 bits per heavy atom. The molecule has 18 heavy (non-hydrogen) atoms. The van der Waals surface area contributed by atoms with Crippen molar-refractivity contribution in [1.82, 2.24) is 4.98 Å². The van der Waals surface area contributed by atoms with E-state index < -0.39 is 10.0 Å². The number of hydrogen-bond donors (Lipinski definition) is 1. The van der Waals surface area contributed by atoms with Crippen LogP contribution in [0.5, 0.6) is 0 Å². The summed E-state index contributed by atoms with van der Waals surface area (Å²) in [7, 11) is -2.14. The molecular formula is C12H13N3O2S. The highest BCUT2D eigenvalue weighted by molar-refractivity contribution is 7.92. The molecule has 2 N–H and O–H groups in total. The van der Waals surface area contributed by atoms with Gasteiger partial charge in [-0.05, 0) is 18.2 Å². The smallest absolute Gasteiger partial charge is 0.265 e. The van der Waals surface area contributed by atoms with Gasteiger partial charge in [-0.25, -0.2) is 13.4 Å². The molecule has 0 atom stereocenters. The van der Waals surface area contributed by atoms with Crippen LogP contribution in [0.2, 0.25) is 0 Å². The van der Waals surface area contributed by atoms with Crippen LogP contribution in [0, 0.1) is 0 Å². The first-order chi connectivity index (χ1) is 8.51. The summed E-state index contributed by atoms with van der Waals surface area (Å²) in [5, 5.41) is 0. The third-order valence-corrected chi connectivity index (χ3v) is 4.27. The highest BCUT2D eigenvalue weighted by atomic mass is 32.2. The van der Waals surface area contributed by atoms with Gasteiger partial charge < -0.3 is 5.73 Å². The molecule has 1 aromatic heterocycles. The minimum Gasteiger partial charge on any atom is -0.399 e. The Morgan fingerprint density at radius 3 is 2.44 bits per heavy atom. The molecular weight excluding hydrogens is 250 g/mol. The third kappa shape index (κ3) is 2.28. The van der Waals surface area contributed by atoms with Gasteiger partial charge in [0.25, 0.3) is 10.0 Å². The van der Waals surface area contributed by atoms with Gasteiger partial charge in [0, 0.05) is 25.0 Å². The molecule has 0 saturated carbocycles. The second-order valence-corrected chi connectivity index (χ2v) is 5.70. The lowest BCUT2D eigenvalue weighted by molar-refractivity contribution is 0.594. The molecule has 2 aromatic rings. The zero-order valence-electron chi connectivity index (χ0n) is 9.82. The van der Waals surface area contributed by atoms with Crippen molar-refractivity contribution < 1.29 is 8.42 Å². The second-order valence-electron chi connectivity index (χ2n) is 3.73. The topological polar surface area (TPSA) is 76.3 Å². The Labute approximate surface area is 106 Å². The summed E-state index contributed by atoms with van der Waals surface area (Å²) in [6.07, 6.45) is 1.47. The third-order valence-electron chi connectivity index (χ3n) is 2.49. The average Bonchev–Trinajstić information content (AvgIpc) is 2.39. The molecule has 2 rings (SSSR count). The van der Waals surface area contributed by atoms with Crippen molar-refractivity contribution in [2.45, 2.75) is 4.90 Å². The summed E-state index contributed by atoms with van der Waals surface area (Å²) < 4.78 is 25.7. The molecule has 94 valence electrons. The number of pyridine rings is 1. The zero-order valence-corrected chi connectivity index (χ0v) is 10.6. The quantitative estimate of drug-likeness (QED) is 0.910. The van der Waals surface area contributed by atoms with Gasteiger partial charge in [0.2, 0.25) is 0 Å². The van der Waals surface area contributed by atoms with Crippen molar-refractivity contribution in [3.63, 3.8) is 0 Å². The summed E-state index contributed by atoms with van der Waals surface area (Å²) in [6, 6.07) is 11.3. The van der Waals surface area contributed by atoms with Crippen molar-refractivity contribution in [2.24, 2.45) is 0 Å². The van der Waals surface area contributed by atoms with Gasteiger partial charge in [0.15, 0.2) is 0 Å². The summed E-state index contributed by atoms with van der Waals surface area (Å²) in [6.45, 7) is 0. The number of sulfonamides is 1. The Morgan fingerprint density at radius 2 is 1.83 bits per heavy atom. The van der Waals surface area contributed by atoms with Crippen molar-refractivity contribution in [1.29, 1.82) is 0 Å². The van der Waals surface area contributed by atoms with E-state index in [0.717, 1.165) is 4.31 Å². The molecule has 0 fully saturated rings. The molecule has 0 aliphatic rings. The van der Waals surface area contributed by atoms with E-state index in [1.807, 2.05) is 0 Å². The summed E-state index contributed by atoms with van der Waals surface area (Å²) in [4.78, 5) is 4.22. The fourth-order valence-electron chi connectivity index (χ4n) is 1.48. The van der Waals surface area contributed by atoms with Crippen LogP contribution in [-0.2, 0) is 10.0 Å². The second kappa shape index (κ2) is 4.66. The fourth-order valence-corrected chi connectivity index (χ4v) is 2.64. The van der Waals surface area contributed by atoms with E-state index in [-0.39, 0.29) is 4.90 Å². The molecule has 1 aromatic carbocycles. The van der Waals surface area contributed by atoms with Gasteiger partial charge in [0.1, 0.15) is 5.82 Å². The Balaban J connectivity index is 2.43. The number of nitrogens with zero attached hydrogens (tertiary/aromatic N) is 2. The Bertz CT molecular complexity index is 641. The van der Waals surface area contributed by atoms with E-state index in [1.54, 1.807) is 24.3 Å². The van der Waals surface area contributed by atoms with E-state index in [9.17, 15) is 8.42 Å². The lowest BCUT2D eigenvalue weighted by Gasteiger charge is -2.18. The molecule has 6 heteroatoms. The predicted octanol–water partition coefficient (Wildman–Crippen LogP) is 1.49. The van der Waals surface area contributed by atoms with E-state index >= 15 is 0 Å². The van der Waals surface area contributed by atoms with Gasteiger partial charge in [0.05, 0.1) is 4.90 Å². The minimum atomic E-state index is -3.59. The number of nitrogens with two attached hydrogens (primary N) is 1. The van der Waals surface area contributed by atoms with Crippen LogP contribution in [0.4, 0.5) is 11.5 Å². The van der Waals surface area contributed by atoms with E-state index in [2.05, 4.69) is 4.98 Å². The number of rotatable bonds is 3. The van der Waals surface area contributed by atoms with Gasteiger partial charge in [-0.1, -0.05) is 18.2 Å². The lowest BCUT2D eigenvalue weighted by atomic mass is 10.4. The molecule has 0 unspecified atom stereocenters. The normalized spacial score (nSPS) is 11.2. The highest BCUT2D eigenvalue weighted by Crippen LogP contribution is 2.20. The molecule has 0 amide bonds. The fraction of sp³-hybridized carbons (Fsp3) is 0.0833. The number of aromatic nitrogens is 1. The maximum absolute atomic E-state index is 12.3. The minimum absolute atomic E-state index is 0.219. The van der Waals surface area contributed by atoms with Crippen molar-refractivity contribution in [2.75, 3.05) is 17.1 Å². The van der Waals surface area contributed by atoms with Crippen LogP contribution in [-0.4, -0.2) is 20.4 Å². The standard InChI is InChI=1S/C12H13N3O2S/c1-15(12-9-10(13)7-8-14-12)18(16,17)11-5-3-2-4-6-11/h2-9H,1H3,(H2,13,14). The van der Waals surface area contributed by atoms with Crippen molar-refractivity contribution >= 4 is 21.5 Å². The van der Waals surface area contributed by atoms with Crippen LogP contribution in [0.1, 0.15) is 0 Å². The van der Waals surface area contributed by atoms with Crippen LogP contribution in [0.25, 0.3) is 0 Å². The van der Waals surface area contributed by atoms with Crippen LogP contribution in [0.15, 0.2) is 53.6 Å². The first-order valence-corrected chi connectivity index (χ1v) is 6.71. The van der Waals surface area contributed by atoms with Crippen LogP contribution < -0.4 is 10.0 Å². The van der Waals surface area contributed by atoms with Gasteiger partial charge >= 0.3 is 0 Å². The van der Waals surface area contributed by atoms with Crippen LogP contribution >= 0.6 is 0 Å². The molecule has 0 radical (unpaired) electrons. The van der Waals surface area contributed by atoms with Gasteiger partial charge in [-0.2, -0.15) is 0 Å². The van der Waals surface area contributed by atoms with E-state index in [4.69, 9.17) is 5.73 Å². The van der Waals surface area contributed by atoms with Gasteiger partial charge in [-0.15, -0.1) is 0 Å². The Kier molecular flexibility index (Phi) is 3.20. The maximum atomic E-state index is 12.3. The Hall–Kier alpha value is -2.08. The molecule has 0 spiro atoms. The number of nitrogen functional groups attached to an aromatic ring is 1. The number of benzene rings is 1. The highest BCUT2D eigenvalue weighted by Gasteiger charge is 2.21. The summed E-state index contributed by atoms with van der Waals surface area (Å²) in [5.74, 6) is 0.291. The lowest BCUT2D eigenvalue weighted by Crippen LogP contribution is -2.27. The SMILES string of the molecule is CN(c1cc(N)ccn1)S(=O)(=O)c1ccccc1. The number of anilines is 2. The maximum Gasteiger partial charge on any atom is 0.265 e. The molecule has 1 heterocycles. The van der Waals surface area contributed by atoms with Crippen molar-refractivity contribution in [3.05, 3.63) is 48.7 Å². The first-order valence-electron chi connectivity index (χ1n) is 5.27. The first kappa shape index (κ1) is 12.4. The predicted molar refractivity (Wildman–Crippen MR) is 70.7 cm³/mol. The molecule has 5 nitrogen and oxygen atoms in total. The zero-order chi connectivity index (χ0) is 13.2. The van der Waals surface area contributed by atoms with E-state index in [0.29, 0.717) is 11.5 Å². The number of hydrogen-bond acceptors (Lipinski definition) is 4.